The quantitative estimate of drug-likeness (QED) is 0.873. The first-order valence-electron chi connectivity index (χ1n) is 6.89. The summed E-state index contributed by atoms with van der Waals surface area (Å²) in [6, 6.07) is 9.77. The zero-order valence-corrected chi connectivity index (χ0v) is 12.4. The van der Waals surface area contributed by atoms with Crippen LogP contribution in [0.3, 0.4) is 0 Å². The van der Waals surface area contributed by atoms with Crippen molar-refractivity contribution in [2.24, 2.45) is 10.8 Å². The molecule has 2 rings (SSSR count). The largest absolute Gasteiger partial charge is 0.325 e. The van der Waals surface area contributed by atoms with Crippen LogP contribution in [0.4, 0.5) is 5.69 Å². The van der Waals surface area contributed by atoms with Crippen LogP contribution in [0.15, 0.2) is 30.3 Å². The molecule has 1 aromatic carbocycles. The second-order valence-corrected chi connectivity index (χ2v) is 6.62. The van der Waals surface area contributed by atoms with E-state index in [1.807, 2.05) is 37.3 Å². The minimum atomic E-state index is -0.189. The van der Waals surface area contributed by atoms with Crippen molar-refractivity contribution in [3.63, 3.8) is 0 Å². The normalized spacial score (nSPS) is 21.7. The van der Waals surface area contributed by atoms with Gasteiger partial charge in [0.1, 0.15) is 0 Å². The molecule has 0 aromatic heterocycles. The average molecular weight is 260 g/mol. The Bertz CT molecular complexity index is 451. The smallest absolute Gasteiger partial charge is 0.241 e. The van der Waals surface area contributed by atoms with E-state index in [1.165, 1.54) is 0 Å². The lowest BCUT2D eigenvalue weighted by Crippen LogP contribution is -2.41. The van der Waals surface area contributed by atoms with E-state index in [4.69, 9.17) is 0 Å². The van der Waals surface area contributed by atoms with Gasteiger partial charge in [-0.05, 0) is 29.9 Å². The summed E-state index contributed by atoms with van der Waals surface area (Å²) in [4.78, 5) is 12.1. The lowest BCUT2D eigenvalue weighted by Gasteiger charge is -2.15. The fourth-order valence-electron chi connectivity index (χ4n) is 2.71. The van der Waals surface area contributed by atoms with Gasteiger partial charge in [0.25, 0.3) is 0 Å². The van der Waals surface area contributed by atoms with E-state index in [1.54, 1.807) is 0 Å². The highest BCUT2D eigenvalue weighted by atomic mass is 16.2. The van der Waals surface area contributed by atoms with Gasteiger partial charge in [0, 0.05) is 11.7 Å². The van der Waals surface area contributed by atoms with Gasteiger partial charge in [-0.2, -0.15) is 0 Å². The van der Waals surface area contributed by atoms with Crippen LogP contribution >= 0.6 is 0 Å². The predicted octanol–water partition coefficient (Wildman–Crippen LogP) is 3.04. The van der Waals surface area contributed by atoms with Gasteiger partial charge in [-0.1, -0.05) is 45.9 Å². The summed E-state index contributed by atoms with van der Waals surface area (Å²) in [5.74, 6) is 0.0182. The van der Waals surface area contributed by atoms with Gasteiger partial charge in [-0.15, -0.1) is 0 Å². The van der Waals surface area contributed by atoms with Gasteiger partial charge in [0.2, 0.25) is 5.91 Å². The van der Waals surface area contributed by atoms with Crippen molar-refractivity contribution in [1.82, 2.24) is 5.32 Å². The molecule has 1 unspecified atom stereocenters. The maximum Gasteiger partial charge on any atom is 0.241 e. The lowest BCUT2D eigenvalue weighted by molar-refractivity contribution is -0.117. The van der Waals surface area contributed by atoms with Crippen LogP contribution < -0.4 is 10.6 Å². The van der Waals surface area contributed by atoms with Crippen LogP contribution in [-0.2, 0) is 4.79 Å². The van der Waals surface area contributed by atoms with E-state index in [9.17, 15) is 4.79 Å². The third-order valence-corrected chi connectivity index (χ3v) is 4.87. The second kappa shape index (κ2) is 4.64. The zero-order valence-electron chi connectivity index (χ0n) is 12.4. The molecule has 0 aliphatic heterocycles. The fraction of sp³-hybridized carbons (Fsp3) is 0.562. The van der Waals surface area contributed by atoms with Crippen LogP contribution in [0.2, 0.25) is 0 Å². The van der Waals surface area contributed by atoms with E-state index >= 15 is 0 Å². The molecule has 0 heterocycles. The highest BCUT2D eigenvalue weighted by Gasteiger charge is 2.64. The molecule has 0 bridgehead atoms. The minimum absolute atomic E-state index is 0.0182. The van der Waals surface area contributed by atoms with E-state index in [-0.39, 0.29) is 22.8 Å². The van der Waals surface area contributed by atoms with E-state index < -0.39 is 0 Å². The summed E-state index contributed by atoms with van der Waals surface area (Å²) < 4.78 is 0. The van der Waals surface area contributed by atoms with Crippen LogP contribution in [0.5, 0.6) is 0 Å². The number of carbonyl (C=O) groups is 1. The molecule has 19 heavy (non-hydrogen) atoms. The number of para-hydroxylation sites is 1. The van der Waals surface area contributed by atoms with Crippen LogP contribution in [0.25, 0.3) is 0 Å². The Morgan fingerprint density at radius 1 is 1.11 bits per heavy atom. The van der Waals surface area contributed by atoms with Gasteiger partial charge in [0.15, 0.2) is 0 Å². The molecule has 1 aromatic rings. The third kappa shape index (κ3) is 2.52. The van der Waals surface area contributed by atoms with Crippen molar-refractivity contribution in [2.45, 2.75) is 46.7 Å². The van der Waals surface area contributed by atoms with Crippen LogP contribution in [0.1, 0.15) is 34.6 Å². The van der Waals surface area contributed by atoms with Crippen molar-refractivity contribution >= 4 is 11.6 Å². The van der Waals surface area contributed by atoms with E-state index in [2.05, 4.69) is 38.3 Å². The van der Waals surface area contributed by atoms with Gasteiger partial charge >= 0.3 is 0 Å². The molecule has 0 radical (unpaired) electrons. The molecular weight excluding hydrogens is 236 g/mol. The zero-order chi connectivity index (χ0) is 14.3. The number of hydrogen-bond acceptors (Lipinski definition) is 2. The molecule has 1 fully saturated rings. The van der Waals surface area contributed by atoms with Crippen LogP contribution in [-0.4, -0.2) is 18.0 Å². The molecule has 1 aliphatic rings. The SMILES string of the molecule is CC(NC1C(C)(C)C1(C)C)C(=O)Nc1ccccc1. The third-order valence-electron chi connectivity index (χ3n) is 4.87. The molecule has 104 valence electrons. The molecule has 3 nitrogen and oxygen atoms in total. The highest BCUT2D eigenvalue weighted by molar-refractivity contribution is 5.94. The predicted molar refractivity (Wildman–Crippen MR) is 79.0 cm³/mol. The summed E-state index contributed by atoms with van der Waals surface area (Å²) >= 11 is 0. The van der Waals surface area contributed by atoms with Crippen molar-refractivity contribution < 1.29 is 4.79 Å². The van der Waals surface area contributed by atoms with Crippen molar-refractivity contribution in [3.8, 4) is 0 Å². The van der Waals surface area contributed by atoms with Crippen molar-refractivity contribution in [2.75, 3.05) is 5.32 Å². The first kappa shape index (κ1) is 14.1. The topological polar surface area (TPSA) is 41.1 Å². The Morgan fingerprint density at radius 2 is 1.63 bits per heavy atom. The maximum atomic E-state index is 12.1. The van der Waals surface area contributed by atoms with Crippen molar-refractivity contribution in [1.29, 1.82) is 0 Å². The maximum absolute atomic E-state index is 12.1. The summed E-state index contributed by atoms with van der Waals surface area (Å²) in [7, 11) is 0. The number of anilines is 1. The molecule has 1 saturated carbocycles. The Labute approximate surface area is 115 Å². The van der Waals surface area contributed by atoms with Gasteiger partial charge in [0.05, 0.1) is 6.04 Å². The summed E-state index contributed by atoms with van der Waals surface area (Å²) in [5, 5.41) is 6.37. The van der Waals surface area contributed by atoms with Crippen molar-refractivity contribution in [3.05, 3.63) is 30.3 Å². The van der Waals surface area contributed by atoms with Gasteiger partial charge in [-0.3, -0.25) is 4.79 Å². The number of carbonyl (C=O) groups excluding carboxylic acids is 1. The summed E-state index contributed by atoms with van der Waals surface area (Å²) in [5.41, 5.74) is 1.33. The Hall–Kier alpha value is -1.35. The molecule has 2 N–H and O–H groups in total. The number of benzene rings is 1. The first-order valence-corrected chi connectivity index (χ1v) is 6.89. The highest BCUT2D eigenvalue weighted by Crippen LogP contribution is 2.62. The first-order chi connectivity index (χ1) is 8.76. The Kier molecular flexibility index (Phi) is 3.43. The number of rotatable bonds is 4. The molecule has 0 spiro atoms. The number of hydrogen-bond donors (Lipinski definition) is 2. The monoisotopic (exact) mass is 260 g/mol. The van der Waals surface area contributed by atoms with E-state index in [0.29, 0.717) is 6.04 Å². The average Bonchev–Trinajstić information content (AvgIpc) is 2.73. The number of amides is 1. The standard InChI is InChI=1S/C16H24N2O/c1-11(17-14-15(2,3)16(14,4)5)13(19)18-12-9-7-6-8-10-12/h6-11,14,17H,1-5H3,(H,18,19). The molecule has 1 aliphatic carbocycles. The second-order valence-electron chi connectivity index (χ2n) is 6.62. The molecular formula is C16H24N2O. The Balaban J connectivity index is 1.91. The van der Waals surface area contributed by atoms with Gasteiger partial charge < -0.3 is 10.6 Å². The van der Waals surface area contributed by atoms with Crippen LogP contribution in [0, 0.1) is 10.8 Å². The molecule has 1 amide bonds. The van der Waals surface area contributed by atoms with Gasteiger partial charge in [-0.25, -0.2) is 0 Å². The fourth-order valence-corrected chi connectivity index (χ4v) is 2.71. The molecule has 0 saturated heterocycles. The number of nitrogens with one attached hydrogen (secondary N) is 2. The minimum Gasteiger partial charge on any atom is -0.325 e. The van der Waals surface area contributed by atoms with E-state index in [0.717, 1.165) is 5.69 Å². The molecule has 1 atom stereocenters. The molecule has 3 heteroatoms. The Morgan fingerprint density at radius 3 is 2.11 bits per heavy atom. The summed E-state index contributed by atoms with van der Waals surface area (Å²) in [6.07, 6.45) is 0. The summed E-state index contributed by atoms with van der Waals surface area (Å²) in [6.45, 7) is 10.9. The lowest BCUT2D eigenvalue weighted by atomic mass is 10.0.